The van der Waals surface area contributed by atoms with Crippen molar-refractivity contribution in [2.24, 2.45) is 5.92 Å². The van der Waals surface area contributed by atoms with Gasteiger partial charge in [0.2, 0.25) is 15.9 Å². The van der Waals surface area contributed by atoms with E-state index in [1.54, 1.807) is 0 Å². The number of sulfonamides is 1. The van der Waals surface area contributed by atoms with E-state index < -0.39 is 21.0 Å². The molecule has 8 nitrogen and oxygen atoms in total. The molecule has 0 unspecified atom stereocenters. The average molecular weight is 412 g/mol. The van der Waals surface area contributed by atoms with Gasteiger partial charge in [-0.1, -0.05) is 20.3 Å². The Kier molecular flexibility index (Phi) is 7.54. The predicted molar refractivity (Wildman–Crippen MR) is 106 cm³/mol. The van der Waals surface area contributed by atoms with E-state index in [0.717, 1.165) is 19.3 Å². The molecular weight excluding hydrogens is 382 g/mol. The van der Waals surface area contributed by atoms with E-state index in [2.05, 4.69) is 19.2 Å². The van der Waals surface area contributed by atoms with Crippen molar-refractivity contribution >= 4 is 21.6 Å². The van der Waals surface area contributed by atoms with Crippen molar-refractivity contribution in [2.75, 3.05) is 6.54 Å². The van der Waals surface area contributed by atoms with E-state index >= 15 is 0 Å². The fraction of sp³-hybridized carbons (Fsp3) is 0.632. The molecule has 28 heavy (non-hydrogen) atoms. The maximum absolute atomic E-state index is 13.1. The topological polar surface area (TPSA) is 110 Å². The number of carbonyl (C=O) groups is 1. The predicted octanol–water partition coefficient (Wildman–Crippen LogP) is 3.08. The largest absolute Gasteiger partial charge is 0.352 e. The van der Waals surface area contributed by atoms with Gasteiger partial charge in [-0.25, -0.2) is 8.42 Å². The summed E-state index contributed by atoms with van der Waals surface area (Å²) in [6, 6.07) is 4.00. The Hall–Kier alpha value is -2.00. The van der Waals surface area contributed by atoms with Crippen LogP contribution in [0.3, 0.4) is 0 Å². The summed E-state index contributed by atoms with van der Waals surface area (Å²) in [5.41, 5.74) is -0.175. The lowest BCUT2D eigenvalue weighted by atomic mass is 10.0. The molecule has 0 spiro atoms. The molecule has 0 aliphatic carbocycles. The van der Waals surface area contributed by atoms with Gasteiger partial charge in [0, 0.05) is 24.7 Å². The van der Waals surface area contributed by atoms with Gasteiger partial charge < -0.3 is 5.32 Å². The van der Waals surface area contributed by atoms with Crippen LogP contribution in [0.2, 0.25) is 0 Å². The van der Waals surface area contributed by atoms with Crippen molar-refractivity contribution in [1.29, 1.82) is 0 Å². The zero-order valence-electron chi connectivity index (χ0n) is 16.6. The molecule has 1 heterocycles. The minimum atomic E-state index is -3.91. The number of carbonyl (C=O) groups excluding carboxylic acids is 1. The lowest BCUT2D eigenvalue weighted by molar-refractivity contribution is -0.384. The number of non-ortho nitro benzene ring substituents is 1. The lowest BCUT2D eigenvalue weighted by Gasteiger charge is -2.34. The molecule has 1 aliphatic heterocycles. The maximum Gasteiger partial charge on any atom is 0.269 e. The van der Waals surface area contributed by atoms with Crippen LogP contribution in [0.4, 0.5) is 5.69 Å². The van der Waals surface area contributed by atoms with Gasteiger partial charge in [0.05, 0.1) is 9.82 Å². The van der Waals surface area contributed by atoms with Crippen LogP contribution >= 0.6 is 0 Å². The third kappa shape index (κ3) is 5.51. The zero-order chi connectivity index (χ0) is 20.9. The molecule has 0 saturated carbocycles. The molecule has 2 rings (SSSR count). The maximum atomic E-state index is 13.1. The summed E-state index contributed by atoms with van der Waals surface area (Å²) in [7, 11) is -3.91. The SMILES string of the molecule is CC(C)CC[C@H](C)NC(=O)[C@@H]1CCCCN1S(=O)(=O)c1ccc([N+](=O)[O-])cc1. The van der Waals surface area contributed by atoms with Crippen molar-refractivity contribution < 1.29 is 18.1 Å². The van der Waals surface area contributed by atoms with Gasteiger partial charge in [0.15, 0.2) is 0 Å². The third-order valence-corrected chi connectivity index (χ3v) is 6.90. The molecule has 1 aliphatic rings. The first-order valence-electron chi connectivity index (χ1n) is 9.69. The van der Waals surface area contributed by atoms with Gasteiger partial charge in [-0.05, 0) is 50.7 Å². The average Bonchev–Trinajstić information content (AvgIpc) is 2.66. The van der Waals surface area contributed by atoms with Crippen molar-refractivity contribution in [2.45, 2.75) is 69.9 Å². The number of rotatable bonds is 8. The number of hydrogen-bond donors (Lipinski definition) is 1. The monoisotopic (exact) mass is 411 g/mol. The molecule has 1 aromatic carbocycles. The number of nitro groups is 1. The molecule has 1 fully saturated rings. The van der Waals surface area contributed by atoms with Crippen molar-refractivity contribution in [3.05, 3.63) is 34.4 Å². The molecule has 1 saturated heterocycles. The number of amides is 1. The number of nitrogens with zero attached hydrogens (tertiary/aromatic N) is 2. The number of hydrogen-bond acceptors (Lipinski definition) is 5. The van der Waals surface area contributed by atoms with Gasteiger partial charge in [-0.3, -0.25) is 14.9 Å². The highest BCUT2D eigenvalue weighted by Crippen LogP contribution is 2.27. The van der Waals surface area contributed by atoms with E-state index in [9.17, 15) is 23.3 Å². The fourth-order valence-corrected chi connectivity index (χ4v) is 4.98. The van der Waals surface area contributed by atoms with Crippen LogP contribution in [0.5, 0.6) is 0 Å². The first kappa shape index (κ1) is 22.3. The molecule has 9 heteroatoms. The summed E-state index contributed by atoms with van der Waals surface area (Å²) in [4.78, 5) is 23.0. The number of benzene rings is 1. The Morgan fingerprint density at radius 1 is 1.21 bits per heavy atom. The van der Waals surface area contributed by atoms with E-state index in [4.69, 9.17) is 0 Å². The Bertz CT molecular complexity index is 792. The highest BCUT2D eigenvalue weighted by molar-refractivity contribution is 7.89. The van der Waals surface area contributed by atoms with Crippen molar-refractivity contribution in [3.63, 3.8) is 0 Å². The highest BCUT2D eigenvalue weighted by atomic mass is 32.2. The van der Waals surface area contributed by atoms with Crippen LogP contribution in [-0.2, 0) is 14.8 Å². The van der Waals surface area contributed by atoms with Gasteiger partial charge in [-0.15, -0.1) is 0 Å². The van der Waals surface area contributed by atoms with Crippen molar-refractivity contribution in [3.8, 4) is 0 Å². The smallest absolute Gasteiger partial charge is 0.269 e. The molecule has 2 atom stereocenters. The van der Waals surface area contributed by atoms with Crippen LogP contribution in [0.15, 0.2) is 29.2 Å². The van der Waals surface area contributed by atoms with E-state index in [1.807, 2.05) is 6.92 Å². The first-order chi connectivity index (χ1) is 13.1. The van der Waals surface area contributed by atoms with E-state index in [-0.39, 0.29) is 29.1 Å². The van der Waals surface area contributed by atoms with Crippen LogP contribution < -0.4 is 5.32 Å². The standard InChI is InChI=1S/C19H29N3O5S/c1-14(2)7-8-15(3)20-19(23)18-6-4-5-13-21(18)28(26,27)17-11-9-16(10-12-17)22(24)25/h9-12,14-15,18H,4-8,13H2,1-3H3,(H,20,23)/t15-,18-/m0/s1. The second-order valence-electron chi connectivity index (χ2n) is 7.76. The molecule has 0 radical (unpaired) electrons. The second kappa shape index (κ2) is 9.47. The van der Waals surface area contributed by atoms with E-state index in [0.29, 0.717) is 18.8 Å². The van der Waals surface area contributed by atoms with E-state index in [1.165, 1.54) is 28.6 Å². The van der Waals surface area contributed by atoms with Crippen molar-refractivity contribution in [1.82, 2.24) is 9.62 Å². The molecule has 1 N–H and O–H groups in total. The molecule has 156 valence electrons. The lowest BCUT2D eigenvalue weighted by Crippen LogP contribution is -2.53. The minimum absolute atomic E-state index is 0.0271. The van der Waals surface area contributed by atoms with Gasteiger partial charge in [0.1, 0.15) is 6.04 Å². The Labute approximate surface area is 166 Å². The highest BCUT2D eigenvalue weighted by Gasteiger charge is 2.38. The second-order valence-corrected chi connectivity index (χ2v) is 9.65. The summed E-state index contributed by atoms with van der Waals surface area (Å²) in [5, 5.41) is 13.7. The molecular formula is C19H29N3O5S. The summed E-state index contributed by atoms with van der Waals surface area (Å²) in [6.45, 7) is 6.43. The van der Waals surface area contributed by atoms with Crippen LogP contribution in [-0.4, -0.2) is 42.2 Å². The van der Waals surface area contributed by atoms with Crippen LogP contribution in [0, 0.1) is 16.0 Å². The summed E-state index contributed by atoms with van der Waals surface area (Å²) < 4.78 is 27.4. The molecule has 1 aromatic rings. The molecule has 1 amide bonds. The Morgan fingerprint density at radius 2 is 1.86 bits per heavy atom. The minimum Gasteiger partial charge on any atom is -0.352 e. The fourth-order valence-electron chi connectivity index (χ4n) is 3.32. The molecule has 0 bridgehead atoms. The Morgan fingerprint density at radius 3 is 2.43 bits per heavy atom. The quantitative estimate of drug-likeness (QED) is 0.522. The summed E-state index contributed by atoms with van der Waals surface area (Å²) in [6.07, 6.45) is 3.75. The normalized spacial score (nSPS) is 19.4. The summed E-state index contributed by atoms with van der Waals surface area (Å²) >= 11 is 0. The van der Waals surface area contributed by atoms with Crippen LogP contribution in [0.25, 0.3) is 0 Å². The zero-order valence-corrected chi connectivity index (χ0v) is 17.4. The first-order valence-corrected chi connectivity index (χ1v) is 11.1. The third-order valence-electron chi connectivity index (χ3n) is 4.98. The van der Waals surface area contributed by atoms with Gasteiger partial charge in [-0.2, -0.15) is 4.31 Å². The van der Waals surface area contributed by atoms with Gasteiger partial charge in [0.25, 0.3) is 5.69 Å². The number of piperidine rings is 1. The number of nitro benzene ring substituents is 1. The van der Waals surface area contributed by atoms with Gasteiger partial charge >= 0.3 is 0 Å². The van der Waals surface area contributed by atoms with Crippen LogP contribution in [0.1, 0.15) is 52.9 Å². The summed E-state index contributed by atoms with van der Waals surface area (Å²) in [5.74, 6) is 0.259. The Balaban J connectivity index is 2.16. The molecule has 0 aromatic heterocycles. The number of nitrogens with one attached hydrogen (secondary N) is 1.